The van der Waals surface area contributed by atoms with Crippen LogP contribution in [0.5, 0.6) is 0 Å². The molecule has 0 bridgehead atoms. The molecule has 1 aromatic carbocycles. The Morgan fingerprint density at radius 1 is 1.41 bits per heavy atom. The van der Waals surface area contributed by atoms with E-state index in [1.807, 2.05) is 31.2 Å². The second-order valence-electron chi connectivity index (χ2n) is 5.45. The molecule has 0 aliphatic carbocycles. The monoisotopic (exact) mass is 305 g/mol. The van der Waals surface area contributed by atoms with Gasteiger partial charge in [-0.25, -0.2) is 4.79 Å². The highest BCUT2D eigenvalue weighted by molar-refractivity contribution is 5.90. The zero-order valence-electron chi connectivity index (χ0n) is 12.6. The van der Waals surface area contributed by atoms with Crippen molar-refractivity contribution < 1.29 is 24.2 Å². The molecule has 6 heteroatoms. The number of carbonyl (C=O) groups is 3. The van der Waals surface area contributed by atoms with Crippen molar-refractivity contribution in [2.24, 2.45) is 5.92 Å². The molecule has 1 unspecified atom stereocenters. The number of carboxylic acid groups (broad SMARTS) is 1. The number of benzene rings is 1. The van der Waals surface area contributed by atoms with E-state index in [1.54, 1.807) is 0 Å². The molecule has 1 amide bonds. The van der Waals surface area contributed by atoms with Crippen LogP contribution in [0.3, 0.4) is 0 Å². The van der Waals surface area contributed by atoms with Crippen LogP contribution in [-0.2, 0) is 25.5 Å². The van der Waals surface area contributed by atoms with Crippen molar-refractivity contribution in [3.05, 3.63) is 35.4 Å². The van der Waals surface area contributed by atoms with E-state index in [-0.39, 0.29) is 25.3 Å². The Morgan fingerprint density at radius 3 is 2.68 bits per heavy atom. The third-order valence-corrected chi connectivity index (χ3v) is 4.03. The fourth-order valence-electron chi connectivity index (χ4n) is 2.74. The molecule has 2 rings (SSSR count). The number of ether oxygens (including phenoxy) is 1. The van der Waals surface area contributed by atoms with Crippen LogP contribution in [0.2, 0.25) is 0 Å². The number of esters is 1. The first-order valence-electron chi connectivity index (χ1n) is 7.08. The molecule has 0 saturated carbocycles. The zero-order valence-corrected chi connectivity index (χ0v) is 12.6. The van der Waals surface area contributed by atoms with Crippen LogP contribution in [0, 0.1) is 12.8 Å². The van der Waals surface area contributed by atoms with Crippen LogP contribution in [-0.4, -0.2) is 47.5 Å². The molecule has 6 nitrogen and oxygen atoms in total. The van der Waals surface area contributed by atoms with E-state index < -0.39 is 23.9 Å². The predicted octanol–water partition coefficient (Wildman–Crippen LogP) is 1.01. The number of methoxy groups -OCH3 is 1. The van der Waals surface area contributed by atoms with Crippen molar-refractivity contribution in [1.29, 1.82) is 0 Å². The molecular formula is C16H19NO5. The summed E-state index contributed by atoms with van der Waals surface area (Å²) >= 11 is 0. The average molecular weight is 305 g/mol. The van der Waals surface area contributed by atoms with E-state index in [0.717, 1.165) is 11.1 Å². The summed E-state index contributed by atoms with van der Waals surface area (Å²) in [7, 11) is 1.26. The van der Waals surface area contributed by atoms with Gasteiger partial charge in [-0.2, -0.15) is 0 Å². The predicted molar refractivity (Wildman–Crippen MR) is 78.1 cm³/mol. The lowest BCUT2D eigenvalue weighted by molar-refractivity contribution is -0.148. The molecule has 1 saturated heterocycles. The van der Waals surface area contributed by atoms with Crippen LogP contribution in [0.15, 0.2) is 24.3 Å². The third kappa shape index (κ3) is 3.27. The largest absolute Gasteiger partial charge is 0.480 e. The number of rotatable bonds is 5. The zero-order chi connectivity index (χ0) is 16.3. The summed E-state index contributed by atoms with van der Waals surface area (Å²) in [4.78, 5) is 36.5. The fourth-order valence-corrected chi connectivity index (χ4v) is 2.74. The Balaban J connectivity index is 2.19. The number of carboxylic acids is 1. The van der Waals surface area contributed by atoms with E-state index >= 15 is 0 Å². The molecule has 1 aromatic rings. The van der Waals surface area contributed by atoms with E-state index in [9.17, 15) is 19.5 Å². The molecule has 22 heavy (non-hydrogen) atoms. The van der Waals surface area contributed by atoms with E-state index in [1.165, 1.54) is 12.0 Å². The number of aryl methyl sites for hydroxylation is 1. The Hall–Kier alpha value is -2.37. The van der Waals surface area contributed by atoms with Crippen molar-refractivity contribution in [2.75, 3.05) is 13.7 Å². The second kappa shape index (κ2) is 6.60. The highest BCUT2D eigenvalue weighted by Crippen LogP contribution is 2.24. The van der Waals surface area contributed by atoms with Gasteiger partial charge in [-0.15, -0.1) is 0 Å². The summed E-state index contributed by atoms with van der Waals surface area (Å²) in [6.07, 6.45) is 0.228. The fraction of sp³-hybridized carbons (Fsp3) is 0.438. The maximum atomic E-state index is 12.1. The molecule has 0 radical (unpaired) electrons. The van der Waals surface area contributed by atoms with Crippen LogP contribution in [0.1, 0.15) is 17.5 Å². The van der Waals surface area contributed by atoms with Gasteiger partial charge in [-0.3, -0.25) is 9.59 Å². The van der Waals surface area contributed by atoms with Crippen molar-refractivity contribution in [2.45, 2.75) is 25.8 Å². The summed E-state index contributed by atoms with van der Waals surface area (Å²) in [6, 6.07) is 6.50. The van der Waals surface area contributed by atoms with E-state index in [2.05, 4.69) is 4.74 Å². The first-order valence-corrected chi connectivity index (χ1v) is 7.08. The molecule has 1 aliphatic heterocycles. The summed E-state index contributed by atoms with van der Waals surface area (Å²) in [6.45, 7) is 1.99. The topological polar surface area (TPSA) is 83.9 Å². The lowest BCUT2D eigenvalue weighted by Gasteiger charge is -2.25. The molecule has 1 fully saturated rings. The molecule has 118 valence electrons. The van der Waals surface area contributed by atoms with Crippen LogP contribution >= 0.6 is 0 Å². The van der Waals surface area contributed by atoms with E-state index in [4.69, 9.17) is 0 Å². The first kappa shape index (κ1) is 16.0. The van der Waals surface area contributed by atoms with Gasteiger partial charge in [0.25, 0.3) is 0 Å². The normalized spacial score (nSPS) is 19.1. The van der Waals surface area contributed by atoms with Gasteiger partial charge in [0.2, 0.25) is 5.91 Å². The number of likely N-dealkylation sites (tertiary alicyclic amines) is 1. The van der Waals surface area contributed by atoms with Crippen LogP contribution in [0.4, 0.5) is 0 Å². The van der Waals surface area contributed by atoms with Crippen LogP contribution in [0.25, 0.3) is 0 Å². The molecule has 0 spiro atoms. The van der Waals surface area contributed by atoms with Gasteiger partial charge < -0.3 is 14.7 Å². The molecule has 0 aromatic heterocycles. The number of carbonyl (C=O) groups excluding carboxylic acids is 2. The van der Waals surface area contributed by atoms with Gasteiger partial charge in [0.1, 0.15) is 6.04 Å². The lowest BCUT2D eigenvalue weighted by atomic mass is 10.0. The highest BCUT2D eigenvalue weighted by atomic mass is 16.5. The minimum Gasteiger partial charge on any atom is -0.480 e. The number of hydrogen-bond donors (Lipinski definition) is 1. The summed E-state index contributed by atoms with van der Waals surface area (Å²) in [5.74, 6) is -2.45. The number of aliphatic carboxylic acids is 1. The van der Waals surface area contributed by atoms with Gasteiger partial charge in [0.05, 0.1) is 13.0 Å². The molecule has 1 heterocycles. The van der Waals surface area contributed by atoms with Gasteiger partial charge in [0, 0.05) is 19.4 Å². The SMILES string of the molecule is COC(=O)C1CC(=O)N([C@@H](Cc2ccccc2C)C(=O)O)C1. The molecule has 1 N–H and O–H groups in total. The first-order chi connectivity index (χ1) is 10.4. The van der Waals surface area contributed by atoms with Crippen molar-refractivity contribution in [3.8, 4) is 0 Å². The Labute approximate surface area is 128 Å². The van der Waals surface area contributed by atoms with Gasteiger partial charge in [-0.05, 0) is 18.1 Å². The Kier molecular flexibility index (Phi) is 4.80. The molecule has 2 atom stereocenters. The van der Waals surface area contributed by atoms with Crippen molar-refractivity contribution in [3.63, 3.8) is 0 Å². The Bertz CT molecular complexity index is 598. The Morgan fingerprint density at radius 2 is 2.09 bits per heavy atom. The quantitative estimate of drug-likeness (QED) is 0.821. The second-order valence-corrected chi connectivity index (χ2v) is 5.45. The number of nitrogens with zero attached hydrogens (tertiary/aromatic N) is 1. The standard InChI is InChI=1S/C16H19NO5/c1-10-5-3-4-6-11(10)7-13(15(19)20)17-9-12(8-14(17)18)16(21)22-2/h3-6,12-13H,7-9H2,1-2H3,(H,19,20)/t12?,13-/m0/s1. The number of amides is 1. The van der Waals surface area contributed by atoms with Crippen molar-refractivity contribution >= 4 is 17.8 Å². The van der Waals surface area contributed by atoms with Crippen LogP contribution < -0.4 is 0 Å². The third-order valence-electron chi connectivity index (χ3n) is 4.03. The smallest absolute Gasteiger partial charge is 0.326 e. The summed E-state index contributed by atoms with van der Waals surface area (Å²) in [5.41, 5.74) is 1.86. The maximum absolute atomic E-state index is 12.1. The van der Waals surface area contributed by atoms with Gasteiger partial charge in [0.15, 0.2) is 0 Å². The summed E-state index contributed by atoms with van der Waals surface area (Å²) in [5, 5.41) is 9.48. The number of hydrogen-bond acceptors (Lipinski definition) is 4. The van der Waals surface area contributed by atoms with Gasteiger partial charge in [-0.1, -0.05) is 24.3 Å². The summed E-state index contributed by atoms with van der Waals surface area (Å²) < 4.78 is 4.64. The minimum absolute atomic E-state index is 0.00419. The average Bonchev–Trinajstić information content (AvgIpc) is 2.87. The lowest BCUT2D eigenvalue weighted by Crippen LogP contribution is -2.44. The molecule has 1 aliphatic rings. The van der Waals surface area contributed by atoms with Gasteiger partial charge >= 0.3 is 11.9 Å². The molecular weight excluding hydrogens is 286 g/mol. The maximum Gasteiger partial charge on any atom is 0.326 e. The van der Waals surface area contributed by atoms with E-state index in [0.29, 0.717) is 0 Å². The van der Waals surface area contributed by atoms with Crippen molar-refractivity contribution in [1.82, 2.24) is 4.90 Å². The highest BCUT2D eigenvalue weighted by Gasteiger charge is 2.41. The minimum atomic E-state index is -1.07.